The zero-order chi connectivity index (χ0) is 17.7. The number of carbonyl (C=O) groups is 1. The number of hydrogen-bond acceptors (Lipinski definition) is 3. The highest BCUT2D eigenvalue weighted by Crippen LogP contribution is 2.33. The zero-order valence-electron chi connectivity index (χ0n) is 13.9. The Morgan fingerprint density at radius 1 is 1.38 bits per heavy atom. The van der Waals surface area contributed by atoms with E-state index in [1.807, 2.05) is 12.1 Å². The maximum Gasteiger partial charge on any atom is 0.393 e. The highest BCUT2D eigenvalue weighted by atomic mass is 19.4. The lowest BCUT2D eigenvalue weighted by molar-refractivity contribution is -0.188. The third-order valence-electron chi connectivity index (χ3n) is 4.47. The number of halogens is 3. The molecule has 0 aliphatic carbocycles. The summed E-state index contributed by atoms with van der Waals surface area (Å²) in [6.07, 6.45) is -3.60. The molecular weight excluding hydrogens is 321 g/mol. The van der Waals surface area contributed by atoms with E-state index in [1.54, 1.807) is 31.1 Å². The largest absolute Gasteiger partial charge is 0.497 e. The number of alkyl halides is 3. The van der Waals surface area contributed by atoms with Gasteiger partial charge in [-0.1, -0.05) is 12.1 Å². The standard InChI is InChI=1S/C17H23F3N2O2/c1-12(22-9-3-4-14(11-22)17(18,19)20)16(23)21-10-13-5-7-15(24-2)8-6-13/h5-8,12,14H,3-4,9-11H2,1-2H3,(H,21,23)/t12-,14-/m1/s1. The molecule has 2 rings (SSSR count). The van der Waals surface area contributed by atoms with Crippen LogP contribution in [0.1, 0.15) is 25.3 Å². The molecule has 1 aliphatic rings. The van der Waals surface area contributed by atoms with E-state index < -0.39 is 18.1 Å². The molecule has 0 spiro atoms. The van der Waals surface area contributed by atoms with E-state index in [0.717, 1.165) is 11.3 Å². The van der Waals surface area contributed by atoms with Crippen LogP contribution in [0, 0.1) is 5.92 Å². The van der Waals surface area contributed by atoms with Crippen molar-refractivity contribution in [3.05, 3.63) is 29.8 Å². The molecule has 2 atom stereocenters. The van der Waals surface area contributed by atoms with Crippen molar-refractivity contribution >= 4 is 5.91 Å². The van der Waals surface area contributed by atoms with Crippen molar-refractivity contribution in [2.24, 2.45) is 5.92 Å². The number of nitrogens with one attached hydrogen (secondary N) is 1. The summed E-state index contributed by atoms with van der Waals surface area (Å²) in [6.45, 7) is 2.40. The first-order valence-electron chi connectivity index (χ1n) is 8.02. The highest BCUT2D eigenvalue weighted by molar-refractivity contribution is 5.81. The topological polar surface area (TPSA) is 41.6 Å². The lowest BCUT2D eigenvalue weighted by atomic mass is 9.96. The van der Waals surface area contributed by atoms with Gasteiger partial charge in [0.2, 0.25) is 5.91 Å². The number of hydrogen-bond donors (Lipinski definition) is 1. The molecule has 0 aromatic heterocycles. The second-order valence-corrected chi connectivity index (χ2v) is 6.12. The molecule has 4 nitrogen and oxygen atoms in total. The summed E-state index contributed by atoms with van der Waals surface area (Å²) in [4.78, 5) is 13.9. The fraction of sp³-hybridized carbons (Fsp3) is 0.588. The van der Waals surface area contributed by atoms with E-state index in [9.17, 15) is 18.0 Å². The Balaban J connectivity index is 1.86. The third kappa shape index (κ3) is 4.87. The molecule has 1 aromatic carbocycles. The Hall–Kier alpha value is -1.76. The van der Waals surface area contributed by atoms with Gasteiger partial charge in [0.05, 0.1) is 19.1 Å². The van der Waals surface area contributed by atoms with Gasteiger partial charge in [-0.2, -0.15) is 13.2 Å². The van der Waals surface area contributed by atoms with E-state index in [-0.39, 0.29) is 18.9 Å². The minimum atomic E-state index is -4.20. The quantitative estimate of drug-likeness (QED) is 0.893. The van der Waals surface area contributed by atoms with Crippen molar-refractivity contribution in [2.75, 3.05) is 20.2 Å². The van der Waals surface area contributed by atoms with Gasteiger partial charge >= 0.3 is 6.18 Å². The van der Waals surface area contributed by atoms with Crippen molar-refractivity contribution in [1.29, 1.82) is 0 Å². The summed E-state index contributed by atoms with van der Waals surface area (Å²) >= 11 is 0. The van der Waals surface area contributed by atoms with Crippen LogP contribution in [-0.4, -0.2) is 43.2 Å². The minimum absolute atomic E-state index is 0.110. The highest BCUT2D eigenvalue weighted by Gasteiger charge is 2.43. The molecule has 0 radical (unpaired) electrons. The molecule has 7 heteroatoms. The average molecular weight is 344 g/mol. The lowest BCUT2D eigenvalue weighted by Crippen LogP contribution is -2.51. The van der Waals surface area contributed by atoms with Crippen LogP contribution in [0.15, 0.2) is 24.3 Å². The Labute approximate surface area is 140 Å². The number of ether oxygens (including phenoxy) is 1. The summed E-state index contributed by atoms with van der Waals surface area (Å²) in [5.41, 5.74) is 0.906. The molecule has 1 amide bonds. The summed E-state index contributed by atoms with van der Waals surface area (Å²) in [5, 5.41) is 2.78. The molecule has 1 heterocycles. The number of piperidine rings is 1. The number of amides is 1. The summed E-state index contributed by atoms with van der Waals surface area (Å²) < 4.78 is 43.7. The van der Waals surface area contributed by atoms with E-state index in [4.69, 9.17) is 4.74 Å². The van der Waals surface area contributed by atoms with Crippen LogP contribution < -0.4 is 10.1 Å². The van der Waals surface area contributed by atoms with Crippen molar-refractivity contribution in [1.82, 2.24) is 10.2 Å². The fourth-order valence-corrected chi connectivity index (χ4v) is 2.87. The van der Waals surface area contributed by atoms with Crippen molar-refractivity contribution in [3.8, 4) is 5.75 Å². The normalized spacial score (nSPS) is 20.5. The van der Waals surface area contributed by atoms with Gasteiger partial charge in [-0.3, -0.25) is 9.69 Å². The minimum Gasteiger partial charge on any atom is -0.497 e. The average Bonchev–Trinajstić information content (AvgIpc) is 2.58. The maximum atomic E-state index is 12.9. The van der Waals surface area contributed by atoms with Gasteiger partial charge in [0.15, 0.2) is 0 Å². The monoisotopic (exact) mass is 344 g/mol. The first-order valence-corrected chi connectivity index (χ1v) is 8.02. The van der Waals surface area contributed by atoms with Crippen molar-refractivity contribution in [3.63, 3.8) is 0 Å². The van der Waals surface area contributed by atoms with Crippen LogP contribution >= 0.6 is 0 Å². The summed E-state index contributed by atoms with van der Waals surface area (Å²) in [6, 6.07) is 6.69. The molecule has 24 heavy (non-hydrogen) atoms. The Morgan fingerprint density at radius 3 is 2.62 bits per heavy atom. The molecular formula is C17H23F3N2O2. The summed E-state index contributed by atoms with van der Waals surface area (Å²) in [5.74, 6) is -0.873. The van der Waals surface area contributed by atoms with Gasteiger partial charge in [-0.15, -0.1) is 0 Å². The predicted octanol–water partition coefficient (Wildman–Crippen LogP) is 2.97. The van der Waals surface area contributed by atoms with Crippen molar-refractivity contribution in [2.45, 2.75) is 38.5 Å². The Morgan fingerprint density at radius 2 is 2.04 bits per heavy atom. The fourth-order valence-electron chi connectivity index (χ4n) is 2.87. The number of rotatable bonds is 5. The number of likely N-dealkylation sites (tertiary alicyclic amines) is 1. The zero-order valence-corrected chi connectivity index (χ0v) is 13.9. The van der Waals surface area contributed by atoms with Crippen LogP contribution in [-0.2, 0) is 11.3 Å². The number of nitrogens with zero attached hydrogens (tertiary/aromatic N) is 1. The first-order chi connectivity index (χ1) is 11.3. The molecule has 1 N–H and O–H groups in total. The molecule has 0 unspecified atom stereocenters. The lowest BCUT2D eigenvalue weighted by Gasteiger charge is -2.36. The number of benzene rings is 1. The van der Waals surface area contributed by atoms with Gasteiger partial charge in [0.1, 0.15) is 5.75 Å². The molecule has 1 aliphatic heterocycles. The van der Waals surface area contributed by atoms with Gasteiger partial charge < -0.3 is 10.1 Å². The summed E-state index contributed by atoms with van der Waals surface area (Å²) in [7, 11) is 1.57. The van der Waals surface area contributed by atoms with Crippen LogP contribution in [0.3, 0.4) is 0 Å². The third-order valence-corrected chi connectivity index (χ3v) is 4.47. The Bertz CT molecular complexity index is 546. The van der Waals surface area contributed by atoms with Crippen LogP contribution in [0.4, 0.5) is 13.2 Å². The maximum absolute atomic E-state index is 12.9. The second-order valence-electron chi connectivity index (χ2n) is 6.12. The number of carbonyl (C=O) groups excluding carboxylic acids is 1. The van der Waals surface area contributed by atoms with Crippen LogP contribution in [0.25, 0.3) is 0 Å². The second kappa shape index (κ2) is 7.88. The molecule has 134 valence electrons. The smallest absolute Gasteiger partial charge is 0.393 e. The predicted molar refractivity (Wildman–Crippen MR) is 84.7 cm³/mol. The van der Waals surface area contributed by atoms with E-state index in [1.165, 1.54) is 0 Å². The van der Waals surface area contributed by atoms with Gasteiger partial charge in [-0.25, -0.2) is 0 Å². The van der Waals surface area contributed by atoms with Crippen molar-refractivity contribution < 1.29 is 22.7 Å². The first kappa shape index (κ1) is 18.6. The van der Waals surface area contributed by atoms with E-state index in [2.05, 4.69) is 5.32 Å². The molecule has 0 bridgehead atoms. The SMILES string of the molecule is COc1ccc(CNC(=O)[C@@H](C)N2CCC[C@@H](C(F)(F)F)C2)cc1. The molecule has 0 saturated carbocycles. The Kier molecular flexibility index (Phi) is 6.10. The van der Waals surface area contributed by atoms with Gasteiger partial charge in [0.25, 0.3) is 0 Å². The molecule has 1 saturated heterocycles. The van der Waals surface area contributed by atoms with Gasteiger partial charge in [-0.05, 0) is 44.0 Å². The number of methoxy groups -OCH3 is 1. The van der Waals surface area contributed by atoms with E-state index >= 15 is 0 Å². The van der Waals surface area contributed by atoms with E-state index in [0.29, 0.717) is 19.5 Å². The van der Waals surface area contributed by atoms with Gasteiger partial charge in [0, 0.05) is 13.1 Å². The van der Waals surface area contributed by atoms with Crippen LogP contribution in [0.5, 0.6) is 5.75 Å². The molecule has 1 fully saturated rings. The molecule has 1 aromatic rings. The van der Waals surface area contributed by atoms with Crippen LogP contribution in [0.2, 0.25) is 0 Å².